The summed E-state index contributed by atoms with van der Waals surface area (Å²) in [4.78, 5) is 11.6. The minimum atomic E-state index is -0.298. The maximum Gasteiger partial charge on any atom is 0.419 e. The second kappa shape index (κ2) is 5.01. The van der Waals surface area contributed by atoms with Crippen molar-refractivity contribution in [2.75, 3.05) is 13.7 Å². The molecule has 86 valence electrons. The van der Waals surface area contributed by atoms with Gasteiger partial charge in [-0.05, 0) is 47.2 Å². The lowest BCUT2D eigenvalue weighted by Crippen LogP contribution is -2.15. The van der Waals surface area contributed by atoms with Gasteiger partial charge in [0.15, 0.2) is 5.58 Å². The van der Waals surface area contributed by atoms with Crippen molar-refractivity contribution in [3.05, 3.63) is 32.3 Å². The fourth-order valence-electron chi connectivity index (χ4n) is 1.61. The molecule has 1 heterocycles. The molecule has 0 N–H and O–H groups in total. The Bertz CT molecular complexity index is 544. The van der Waals surface area contributed by atoms with Crippen molar-refractivity contribution in [2.24, 2.45) is 0 Å². The smallest absolute Gasteiger partial charge is 0.408 e. The van der Waals surface area contributed by atoms with E-state index < -0.39 is 0 Å². The third-order valence-corrected chi connectivity index (χ3v) is 3.03. The van der Waals surface area contributed by atoms with E-state index in [2.05, 4.69) is 22.6 Å². The molecule has 16 heavy (non-hydrogen) atoms. The number of aromatic nitrogens is 1. The van der Waals surface area contributed by atoms with Crippen LogP contribution in [-0.4, -0.2) is 18.3 Å². The molecule has 0 aliphatic heterocycles. The number of benzene rings is 1. The monoisotopic (exact) mass is 333 g/mol. The minimum Gasteiger partial charge on any atom is -0.408 e. The number of fused-ring (bicyclic) bond motifs is 1. The van der Waals surface area contributed by atoms with Crippen LogP contribution in [0.2, 0.25) is 0 Å². The van der Waals surface area contributed by atoms with Crippen LogP contribution in [-0.2, 0) is 11.3 Å². The number of ether oxygens (including phenoxy) is 1. The molecule has 0 bridgehead atoms. The molecule has 0 aliphatic rings. The van der Waals surface area contributed by atoms with Crippen LogP contribution in [0.15, 0.2) is 27.4 Å². The highest BCUT2D eigenvalue weighted by atomic mass is 127. The summed E-state index contributed by atoms with van der Waals surface area (Å²) in [6, 6.07) is 5.70. The first-order valence-electron chi connectivity index (χ1n) is 5.00. The van der Waals surface area contributed by atoms with Crippen molar-refractivity contribution in [1.29, 1.82) is 0 Å². The van der Waals surface area contributed by atoms with Gasteiger partial charge in [0.25, 0.3) is 0 Å². The highest BCUT2D eigenvalue weighted by Gasteiger charge is 2.08. The molecule has 2 aromatic rings. The van der Waals surface area contributed by atoms with Crippen molar-refractivity contribution in [3.8, 4) is 0 Å². The Labute approximate surface area is 106 Å². The van der Waals surface area contributed by atoms with Crippen molar-refractivity contribution in [3.63, 3.8) is 0 Å². The molecule has 1 aromatic carbocycles. The minimum absolute atomic E-state index is 0.298. The molecule has 0 fully saturated rings. The number of rotatable bonds is 4. The summed E-state index contributed by atoms with van der Waals surface area (Å²) in [7, 11) is 1.65. The van der Waals surface area contributed by atoms with Gasteiger partial charge in [0.2, 0.25) is 0 Å². The lowest BCUT2D eigenvalue weighted by Gasteiger charge is -2.01. The van der Waals surface area contributed by atoms with E-state index in [4.69, 9.17) is 9.15 Å². The molecule has 2 rings (SSSR count). The second-order valence-corrected chi connectivity index (χ2v) is 4.72. The summed E-state index contributed by atoms with van der Waals surface area (Å²) in [5.74, 6) is -0.298. The molecule has 0 radical (unpaired) electrons. The fourth-order valence-corrected chi connectivity index (χ4v) is 2.09. The molecule has 0 saturated heterocycles. The molecule has 4 nitrogen and oxygen atoms in total. The Kier molecular flexibility index (Phi) is 3.65. The third kappa shape index (κ3) is 2.30. The predicted molar refractivity (Wildman–Crippen MR) is 69.7 cm³/mol. The molecule has 5 heteroatoms. The van der Waals surface area contributed by atoms with Crippen LogP contribution >= 0.6 is 22.6 Å². The topological polar surface area (TPSA) is 44.4 Å². The average molecular weight is 333 g/mol. The fraction of sp³-hybridized carbons (Fsp3) is 0.364. The van der Waals surface area contributed by atoms with E-state index >= 15 is 0 Å². The normalized spacial score (nSPS) is 11.1. The number of methoxy groups -OCH3 is 1. The number of hydrogen-bond acceptors (Lipinski definition) is 3. The highest BCUT2D eigenvalue weighted by Crippen LogP contribution is 2.16. The molecule has 0 atom stereocenters. The molecule has 0 spiro atoms. The van der Waals surface area contributed by atoms with Crippen LogP contribution in [0.1, 0.15) is 6.42 Å². The van der Waals surface area contributed by atoms with Gasteiger partial charge in [0, 0.05) is 23.8 Å². The molecule has 0 unspecified atom stereocenters. The van der Waals surface area contributed by atoms with Crippen molar-refractivity contribution >= 4 is 33.7 Å². The highest BCUT2D eigenvalue weighted by molar-refractivity contribution is 14.1. The predicted octanol–water partition coefficient (Wildman–Crippen LogP) is 2.24. The van der Waals surface area contributed by atoms with Crippen molar-refractivity contribution < 1.29 is 9.15 Å². The first-order chi connectivity index (χ1) is 7.72. The van der Waals surface area contributed by atoms with Gasteiger partial charge in [0.1, 0.15) is 0 Å². The Morgan fingerprint density at radius 1 is 1.50 bits per heavy atom. The number of hydrogen-bond donors (Lipinski definition) is 0. The van der Waals surface area contributed by atoms with Crippen molar-refractivity contribution in [1.82, 2.24) is 4.57 Å². The van der Waals surface area contributed by atoms with Crippen molar-refractivity contribution in [2.45, 2.75) is 13.0 Å². The van der Waals surface area contributed by atoms with E-state index in [1.54, 1.807) is 11.7 Å². The van der Waals surface area contributed by atoms with Crippen LogP contribution in [0.5, 0.6) is 0 Å². The zero-order valence-corrected chi connectivity index (χ0v) is 11.1. The maximum atomic E-state index is 11.6. The van der Waals surface area contributed by atoms with Crippen LogP contribution in [0.4, 0.5) is 0 Å². The van der Waals surface area contributed by atoms with Gasteiger partial charge in [-0.15, -0.1) is 0 Å². The quantitative estimate of drug-likeness (QED) is 0.637. The first-order valence-corrected chi connectivity index (χ1v) is 6.08. The molecule has 0 aliphatic carbocycles. The van der Waals surface area contributed by atoms with Crippen LogP contribution in [0.25, 0.3) is 11.1 Å². The van der Waals surface area contributed by atoms with E-state index in [1.165, 1.54) is 0 Å². The Hall–Kier alpha value is -0.820. The molecule has 1 aromatic heterocycles. The lowest BCUT2D eigenvalue weighted by molar-refractivity contribution is 0.190. The first kappa shape index (κ1) is 11.7. The van der Waals surface area contributed by atoms with Crippen LogP contribution < -0.4 is 5.76 Å². The number of halogens is 1. The van der Waals surface area contributed by atoms with E-state index in [1.807, 2.05) is 18.2 Å². The summed E-state index contributed by atoms with van der Waals surface area (Å²) in [6.45, 7) is 1.27. The number of aryl methyl sites for hydroxylation is 1. The number of oxazole rings is 1. The molecule has 0 saturated carbocycles. The van der Waals surface area contributed by atoms with Gasteiger partial charge < -0.3 is 9.15 Å². The molecular formula is C11H12INO3. The lowest BCUT2D eigenvalue weighted by atomic mass is 10.3. The zero-order chi connectivity index (χ0) is 11.5. The number of nitrogens with zero attached hydrogens (tertiary/aromatic N) is 1. The summed E-state index contributed by atoms with van der Waals surface area (Å²) in [5.41, 5.74) is 1.50. The SMILES string of the molecule is COCCCn1c(=O)oc2ccc(I)cc21. The summed E-state index contributed by atoms with van der Waals surface area (Å²) in [6.07, 6.45) is 0.802. The van der Waals surface area contributed by atoms with Gasteiger partial charge in [-0.25, -0.2) is 4.79 Å². The summed E-state index contributed by atoms with van der Waals surface area (Å²) >= 11 is 2.22. The van der Waals surface area contributed by atoms with Gasteiger partial charge in [0.05, 0.1) is 5.52 Å². The van der Waals surface area contributed by atoms with E-state index in [9.17, 15) is 4.79 Å². The van der Waals surface area contributed by atoms with E-state index in [0.717, 1.165) is 15.5 Å². The van der Waals surface area contributed by atoms with Gasteiger partial charge in [-0.3, -0.25) is 4.57 Å². The largest absolute Gasteiger partial charge is 0.419 e. The maximum absolute atomic E-state index is 11.6. The van der Waals surface area contributed by atoms with Crippen LogP contribution in [0, 0.1) is 3.57 Å². The average Bonchev–Trinajstić information content (AvgIpc) is 2.56. The zero-order valence-electron chi connectivity index (χ0n) is 8.90. The van der Waals surface area contributed by atoms with Gasteiger partial charge in [-0.2, -0.15) is 0 Å². The van der Waals surface area contributed by atoms with Gasteiger partial charge >= 0.3 is 5.76 Å². The third-order valence-electron chi connectivity index (χ3n) is 2.36. The van der Waals surface area contributed by atoms with Gasteiger partial charge in [-0.1, -0.05) is 0 Å². The van der Waals surface area contributed by atoms with E-state index in [-0.39, 0.29) is 5.76 Å². The Morgan fingerprint density at radius 3 is 3.06 bits per heavy atom. The van der Waals surface area contributed by atoms with E-state index in [0.29, 0.717) is 18.7 Å². The summed E-state index contributed by atoms with van der Waals surface area (Å²) in [5, 5.41) is 0. The summed E-state index contributed by atoms with van der Waals surface area (Å²) < 4.78 is 12.9. The second-order valence-electron chi connectivity index (χ2n) is 3.48. The van der Waals surface area contributed by atoms with Crippen LogP contribution in [0.3, 0.4) is 0 Å². The Balaban J connectivity index is 2.38. The molecule has 0 amide bonds. The standard InChI is InChI=1S/C11H12INO3/c1-15-6-2-5-13-9-7-8(12)3-4-10(9)16-11(13)14/h3-4,7H,2,5-6H2,1H3. The molecular weight excluding hydrogens is 321 g/mol. The Morgan fingerprint density at radius 2 is 2.31 bits per heavy atom.